The number of carbonyl (C=O) groups excluding carboxylic acids is 1. The molecule has 1 N–H and O–H groups in total. The van der Waals surface area contributed by atoms with Crippen LogP contribution in [0.5, 0.6) is 0 Å². The molecule has 1 amide bonds. The monoisotopic (exact) mass is 330 g/mol. The van der Waals surface area contributed by atoms with Gasteiger partial charge in [0.05, 0.1) is 10.8 Å². The van der Waals surface area contributed by atoms with E-state index in [4.69, 9.17) is 0 Å². The minimum Gasteiger partial charge on any atom is -0.319 e. The highest BCUT2D eigenvalue weighted by atomic mass is 32.2. The Balaban J connectivity index is 2.31. The summed E-state index contributed by atoms with van der Waals surface area (Å²) in [5, 5.41) is 5.27. The first kappa shape index (κ1) is 16.5. The van der Waals surface area contributed by atoms with Crippen molar-refractivity contribution >= 4 is 27.1 Å². The summed E-state index contributed by atoms with van der Waals surface area (Å²) in [5.74, 6) is -0.0207. The van der Waals surface area contributed by atoms with Crippen LogP contribution >= 0.6 is 11.3 Å². The van der Waals surface area contributed by atoms with Crippen molar-refractivity contribution in [3.63, 3.8) is 0 Å². The van der Waals surface area contributed by atoms with Crippen LogP contribution in [0.25, 0.3) is 0 Å². The molecule has 21 heavy (non-hydrogen) atoms. The molecule has 2 atom stereocenters. The lowest BCUT2D eigenvalue weighted by Crippen LogP contribution is -2.46. The smallest absolute Gasteiger partial charge is 0.241 e. The third kappa shape index (κ3) is 3.14. The zero-order chi connectivity index (χ0) is 15.8. The van der Waals surface area contributed by atoms with Crippen molar-refractivity contribution in [3.8, 4) is 0 Å². The van der Waals surface area contributed by atoms with Gasteiger partial charge in [0.2, 0.25) is 5.91 Å². The van der Waals surface area contributed by atoms with E-state index in [1.54, 1.807) is 30.1 Å². The fraction of sp³-hybridized carbons (Fsp3) is 0.643. The van der Waals surface area contributed by atoms with E-state index in [1.807, 2.05) is 24.4 Å². The maximum Gasteiger partial charge on any atom is 0.241 e. The lowest BCUT2D eigenvalue weighted by molar-refractivity contribution is -0.130. The Morgan fingerprint density at radius 3 is 2.57 bits per heavy atom. The van der Waals surface area contributed by atoms with E-state index in [0.717, 1.165) is 4.88 Å². The SMILES string of the molecule is CCC1NC(c2cccs2)N(CC(C)(C)S(C)(=O)=O)C1=O. The molecule has 5 nitrogen and oxygen atoms in total. The highest BCUT2D eigenvalue weighted by Gasteiger charge is 2.43. The molecule has 2 rings (SSSR count). The van der Waals surface area contributed by atoms with E-state index in [0.29, 0.717) is 6.42 Å². The van der Waals surface area contributed by atoms with Crippen LogP contribution in [0.1, 0.15) is 38.2 Å². The fourth-order valence-corrected chi connectivity index (χ4v) is 3.52. The summed E-state index contributed by atoms with van der Waals surface area (Å²) in [7, 11) is -3.25. The molecular weight excluding hydrogens is 308 g/mol. The van der Waals surface area contributed by atoms with Gasteiger partial charge in [-0.15, -0.1) is 11.3 Å². The predicted molar refractivity (Wildman–Crippen MR) is 84.9 cm³/mol. The fourth-order valence-electron chi connectivity index (χ4n) is 2.35. The Morgan fingerprint density at radius 1 is 1.43 bits per heavy atom. The Morgan fingerprint density at radius 2 is 2.10 bits per heavy atom. The summed E-state index contributed by atoms with van der Waals surface area (Å²) in [6.45, 7) is 5.48. The van der Waals surface area contributed by atoms with E-state index in [1.165, 1.54) is 6.26 Å². The van der Waals surface area contributed by atoms with Gasteiger partial charge in [-0.25, -0.2) is 8.42 Å². The van der Waals surface area contributed by atoms with E-state index in [2.05, 4.69) is 5.32 Å². The van der Waals surface area contributed by atoms with Crippen molar-refractivity contribution in [2.45, 2.75) is 44.1 Å². The Kier molecular flexibility index (Phi) is 4.46. The molecule has 1 aliphatic heterocycles. The number of hydrogen-bond donors (Lipinski definition) is 1. The average Bonchev–Trinajstić information content (AvgIpc) is 2.97. The van der Waals surface area contributed by atoms with Crippen LogP contribution in [0.2, 0.25) is 0 Å². The molecule has 0 spiro atoms. The van der Waals surface area contributed by atoms with Crippen molar-refractivity contribution < 1.29 is 13.2 Å². The van der Waals surface area contributed by atoms with Gasteiger partial charge in [-0.2, -0.15) is 0 Å². The molecule has 1 aliphatic rings. The van der Waals surface area contributed by atoms with E-state index in [-0.39, 0.29) is 24.7 Å². The van der Waals surface area contributed by atoms with E-state index >= 15 is 0 Å². The number of rotatable bonds is 5. The molecular formula is C14H22N2O3S2. The van der Waals surface area contributed by atoms with Gasteiger partial charge in [0.1, 0.15) is 6.17 Å². The number of nitrogens with zero attached hydrogens (tertiary/aromatic N) is 1. The van der Waals surface area contributed by atoms with Crippen molar-refractivity contribution in [1.82, 2.24) is 10.2 Å². The van der Waals surface area contributed by atoms with Gasteiger partial charge < -0.3 is 4.90 Å². The maximum absolute atomic E-state index is 12.5. The van der Waals surface area contributed by atoms with Crippen LogP contribution in [0.15, 0.2) is 17.5 Å². The summed E-state index contributed by atoms with van der Waals surface area (Å²) in [4.78, 5) is 15.2. The number of nitrogens with one attached hydrogen (secondary N) is 1. The van der Waals surface area contributed by atoms with Gasteiger partial charge in [-0.05, 0) is 31.7 Å². The summed E-state index contributed by atoms with van der Waals surface area (Å²) in [6, 6.07) is 3.66. The molecule has 0 aromatic carbocycles. The zero-order valence-corrected chi connectivity index (χ0v) is 14.4. The number of thiophene rings is 1. The minimum atomic E-state index is -3.25. The van der Waals surface area contributed by atoms with Gasteiger partial charge in [-0.3, -0.25) is 10.1 Å². The van der Waals surface area contributed by atoms with Crippen molar-refractivity contribution in [1.29, 1.82) is 0 Å². The lowest BCUT2D eigenvalue weighted by Gasteiger charge is -2.31. The molecule has 0 bridgehead atoms. The molecule has 7 heteroatoms. The summed E-state index contributed by atoms with van der Waals surface area (Å²) >= 11 is 1.57. The molecule has 0 aliphatic carbocycles. The van der Waals surface area contributed by atoms with E-state index < -0.39 is 14.6 Å². The van der Waals surface area contributed by atoms with Gasteiger partial charge in [0.15, 0.2) is 9.84 Å². The molecule has 0 radical (unpaired) electrons. The molecule has 1 aromatic heterocycles. The van der Waals surface area contributed by atoms with Crippen molar-refractivity contribution in [3.05, 3.63) is 22.4 Å². The Bertz CT molecular complexity index is 608. The average molecular weight is 330 g/mol. The number of carbonyl (C=O) groups is 1. The first-order chi connectivity index (χ1) is 9.67. The normalized spacial score (nSPS) is 23.8. The molecule has 2 heterocycles. The molecule has 1 saturated heterocycles. The molecule has 118 valence electrons. The van der Waals surface area contributed by atoms with Crippen LogP contribution in [0, 0.1) is 0 Å². The van der Waals surface area contributed by atoms with Crippen LogP contribution in [-0.4, -0.2) is 42.8 Å². The van der Waals surface area contributed by atoms with Crippen LogP contribution in [0.3, 0.4) is 0 Å². The van der Waals surface area contributed by atoms with Gasteiger partial charge in [0, 0.05) is 17.7 Å². The van der Waals surface area contributed by atoms with E-state index in [9.17, 15) is 13.2 Å². The van der Waals surface area contributed by atoms with Crippen molar-refractivity contribution in [2.75, 3.05) is 12.8 Å². The second kappa shape index (κ2) is 5.70. The second-order valence-corrected chi connectivity index (χ2v) is 9.67. The summed E-state index contributed by atoms with van der Waals surface area (Å²) in [5.41, 5.74) is 0. The molecule has 2 unspecified atom stereocenters. The predicted octanol–water partition coefficient (Wildman–Crippen LogP) is 1.78. The highest BCUT2D eigenvalue weighted by Crippen LogP contribution is 2.32. The summed E-state index contributed by atoms with van der Waals surface area (Å²) in [6.07, 6.45) is 1.68. The quantitative estimate of drug-likeness (QED) is 0.894. The van der Waals surface area contributed by atoms with Crippen LogP contribution < -0.4 is 5.32 Å². The first-order valence-corrected chi connectivity index (χ1v) is 9.74. The number of sulfone groups is 1. The third-order valence-corrected chi connectivity index (χ3v) is 7.09. The Hall–Kier alpha value is -0.920. The Labute approximate surface area is 130 Å². The van der Waals surface area contributed by atoms with Crippen LogP contribution in [0.4, 0.5) is 0 Å². The van der Waals surface area contributed by atoms with Gasteiger partial charge >= 0.3 is 0 Å². The lowest BCUT2D eigenvalue weighted by atomic mass is 10.1. The number of amides is 1. The second-order valence-electron chi connectivity index (χ2n) is 6.04. The largest absolute Gasteiger partial charge is 0.319 e. The van der Waals surface area contributed by atoms with Crippen LogP contribution in [-0.2, 0) is 14.6 Å². The minimum absolute atomic E-state index is 0.0207. The van der Waals surface area contributed by atoms with Gasteiger partial charge in [0.25, 0.3) is 0 Å². The molecule has 1 aromatic rings. The van der Waals surface area contributed by atoms with Crippen molar-refractivity contribution in [2.24, 2.45) is 0 Å². The topological polar surface area (TPSA) is 66.5 Å². The zero-order valence-electron chi connectivity index (χ0n) is 12.8. The molecule has 1 fully saturated rings. The first-order valence-electron chi connectivity index (χ1n) is 6.97. The highest BCUT2D eigenvalue weighted by molar-refractivity contribution is 7.92. The number of hydrogen-bond acceptors (Lipinski definition) is 5. The maximum atomic E-state index is 12.5. The standard InChI is InChI=1S/C14H22N2O3S2/c1-5-10-13(17)16(9-14(2,3)21(4,18)19)12(15-10)11-7-6-8-20-11/h6-8,10,12,15H,5,9H2,1-4H3. The molecule has 0 saturated carbocycles. The van der Waals surface area contributed by atoms with Gasteiger partial charge in [-0.1, -0.05) is 13.0 Å². The summed E-state index contributed by atoms with van der Waals surface area (Å²) < 4.78 is 22.9. The third-order valence-electron chi connectivity index (χ3n) is 4.03.